The number of hydrogen-bond donors (Lipinski definition) is 2. The van der Waals surface area contributed by atoms with Crippen molar-refractivity contribution < 1.29 is 9.90 Å². The second-order valence-electron chi connectivity index (χ2n) is 11.3. The minimum Gasteiger partial charge on any atom is -0.508 e. The third-order valence-corrected chi connectivity index (χ3v) is 6.94. The Hall–Kier alpha value is -1.51. The van der Waals surface area contributed by atoms with Gasteiger partial charge in [-0.05, 0) is 73.3 Å². The minimum absolute atomic E-state index is 0.336. The number of carbonyl (C=O) groups is 1. The first-order chi connectivity index (χ1) is 13.4. The fraction of sp³-hybridized carbons (Fsp3) is 0.731. The van der Waals surface area contributed by atoms with Crippen molar-refractivity contribution in [1.82, 2.24) is 0 Å². The van der Waals surface area contributed by atoms with Gasteiger partial charge < -0.3 is 10.4 Å². The number of carbonyl (C=O) groups excluding carboxylic acids is 1. The van der Waals surface area contributed by atoms with Gasteiger partial charge in [0.05, 0.1) is 0 Å². The molecule has 0 atom stereocenters. The summed E-state index contributed by atoms with van der Waals surface area (Å²) in [6.45, 7) is 13.9. The van der Waals surface area contributed by atoms with Gasteiger partial charge in [-0.25, -0.2) is 0 Å². The Morgan fingerprint density at radius 2 is 1.34 bits per heavy atom. The van der Waals surface area contributed by atoms with Crippen molar-refractivity contribution in [2.75, 3.05) is 5.32 Å². The zero-order valence-electron chi connectivity index (χ0n) is 19.6. The van der Waals surface area contributed by atoms with Crippen LogP contribution in [0.25, 0.3) is 0 Å². The van der Waals surface area contributed by atoms with Crippen LogP contribution in [0.1, 0.15) is 92.9 Å². The van der Waals surface area contributed by atoms with Crippen LogP contribution in [0.2, 0.25) is 0 Å². The largest absolute Gasteiger partial charge is 0.508 e. The zero-order chi connectivity index (χ0) is 21.7. The lowest BCUT2D eigenvalue weighted by Gasteiger charge is -2.37. The van der Waals surface area contributed by atoms with Crippen LogP contribution in [-0.4, -0.2) is 16.9 Å². The second-order valence-corrected chi connectivity index (χ2v) is 11.3. The molecule has 0 spiro atoms. The number of hydrogen-bond acceptors (Lipinski definition) is 3. The van der Waals surface area contributed by atoms with E-state index < -0.39 is 0 Å². The van der Waals surface area contributed by atoms with E-state index in [1.807, 2.05) is 12.1 Å². The van der Waals surface area contributed by atoms with Crippen molar-refractivity contribution in [3.63, 3.8) is 0 Å². The van der Waals surface area contributed by atoms with Gasteiger partial charge in [-0.15, -0.1) is 0 Å². The van der Waals surface area contributed by atoms with Crippen LogP contribution in [0.15, 0.2) is 24.3 Å². The van der Waals surface area contributed by atoms with Crippen molar-refractivity contribution in [3.8, 4) is 5.75 Å². The van der Waals surface area contributed by atoms with Gasteiger partial charge in [0.2, 0.25) is 0 Å². The highest BCUT2D eigenvalue weighted by atomic mass is 16.3. The summed E-state index contributed by atoms with van der Waals surface area (Å²) in [6, 6.07) is 7.98. The predicted molar refractivity (Wildman–Crippen MR) is 123 cm³/mol. The molecule has 2 fully saturated rings. The first-order valence-corrected chi connectivity index (χ1v) is 11.5. The molecule has 2 saturated carbocycles. The van der Waals surface area contributed by atoms with Crippen molar-refractivity contribution >= 4 is 11.5 Å². The lowest BCUT2D eigenvalue weighted by atomic mass is 9.71. The normalized spacial score (nSPS) is 23.9. The molecule has 0 aliphatic heterocycles. The Balaban J connectivity index is 0.000000234. The molecule has 1 aromatic rings. The molecule has 0 radical (unpaired) electrons. The smallest absolute Gasteiger partial charge is 0.132 e. The topological polar surface area (TPSA) is 49.3 Å². The van der Waals surface area contributed by atoms with Gasteiger partial charge in [-0.3, -0.25) is 4.79 Å². The number of nitrogens with one attached hydrogen (secondary N) is 1. The number of Topliss-reactive ketones (excluding diaryl/α,β-unsaturated/α-hetero) is 1. The summed E-state index contributed by atoms with van der Waals surface area (Å²) in [5.41, 5.74) is 1.88. The third-order valence-electron chi connectivity index (χ3n) is 6.94. The minimum atomic E-state index is 0.336. The molecule has 0 bridgehead atoms. The van der Waals surface area contributed by atoms with E-state index in [0.717, 1.165) is 43.2 Å². The molecule has 0 unspecified atom stereocenters. The van der Waals surface area contributed by atoms with Crippen molar-refractivity contribution in [1.29, 1.82) is 0 Å². The number of rotatable bonds is 2. The van der Waals surface area contributed by atoms with Crippen molar-refractivity contribution in [3.05, 3.63) is 24.3 Å². The number of anilines is 1. The van der Waals surface area contributed by atoms with E-state index in [2.05, 4.69) is 46.9 Å². The molecular formula is C26H43NO2. The average Bonchev–Trinajstić information content (AvgIpc) is 2.61. The molecule has 0 heterocycles. The molecule has 3 heteroatoms. The maximum atomic E-state index is 10.9. The Morgan fingerprint density at radius 1 is 0.828 bits per heavy atom. The number of phenolic OH excluding ortho intramolecular Hbond substituents is 1. The molecule has 2 aliphatic rings. The highest BCUT2D eigenvalue weighted by molar-refractivity contribution is 5.79. The molecule has 29 heavy (non-hydrogen) atoms. The Kier molecular flexibility index (Phi) is 8.19. The van der Waals surface area contributed by atoms with Gasteiger partial charge in [0.15, 0.2) is 0 Å². The molecule has 3 rings (SSSR count). The number of benzene rings is 1. The van der Waals surface area contributed by atoms with E-state index >= 15 is 0 Å². The molecule has 0 aromatic heterocycles. The summed E-state index contributed by atoms with van der Waals surface area (Å²) in [4.78, 5) is 10.9. The quantitative estimate of drug-likeness (QED) is 0.551. The number of aromatic hydroxyl groups is 1. The van der Waals surface area contributed by atoms with Crippen molar-refractivity contribution in [2.45, 2.75) is 99.0 Å². The van der Waals surface area contributed by atoms with E-state index in [1.165, 1.54) is 25.7 Å². The van der Waals surface area contributed by atoms with Gasteiger partial charge in [-0.1, -0.05) is 47.6 Å². The summed E-state index contributed by atoms with van der Waals surface area (Å²) >= 11 is 0. The van der Waals surface area contributed by atoms with E-state index in [0.29, 0.717) is 28.4 Å². The van der Waals surface area contributed by atoms with E-state index in [1.54, 1.807) is 12.1 Å². The molecule has 1 aromatic carbocycles. The first kappa shape index (κ1) is 23.8. The summed E-state index contributed by atoms with van der Waals surface area (Å²) in [5, 5.41) is 13.0. The predicted octanol–water partition coefficient (Wildman–Crippen LogP) is 7.20. The third kappa shape index (κ3) is 8.03. The molecule has 0 saturated heterocycles. The fourth-order valence-corrected chi connectivity index (χ4v) is 4.74. The maximum Gasteiger partial charge on any atom is 0.132 e. The standard InChI is InChI=1S/C16H25NO.C10H18O/c1-16(2,3)12-7-9-13(10-8-12)17-14-5-4-6-15(18)11-14;1-10(2,3)8-4-6-9(11)7-5-8/h4-6,11-13,17-18H,7-10H2,1-3H3;8H,4-7H2,1-3H3. The van der Waals surface area contributed by atoms with Crippen molar-refractivity contribution in [2.24, 2.45) is 22.7 Å². The van der Waals surface area contributed by atoms with Gasteiger partial charge in [0, 0.05) is 30.6 Å². The molecule has 3 nitrogen and oxygen atoms in total. The van der Waals surface area contributed by atoms with E-state index in [4.69, 9.17) is 0 Å². The lowest BCUT2D eigenvalue weighted by molar-refractivity contribution is -0.121. The van der Waals surface area contributed by atoms with E-state index in [9.17, 15) is 9.90 Å². The fourth-order valence-electron chi connectivity index (χ4n) is 4.74. The average molecular weight is 402 g/mol. The zero-order valence-corrected chi connectivity index (χ0v) is 19.6. The molecule has 2 N–H and O–H groups in total. The Morgan fingerprint density at radius 3 is 1.83 bits per heavy atom. The van der Waals surface area contributed by atoms with Crippen LogP contribution in [0.3, 0.4) is 0 Å². The second kappa shape index (κ2) is 10.00. The van der Waals surface area contributed by atoms with Gasteiger partial charge in [-0.2, -0.15) is 0 Å². The summed E-state index contributed by atoms with van der Waals surface area (Å²) in [5.74, 6) is 2.41. The SMILES string of the molecule is CC(C)(C)C1CCC(=O)CC1.CC(C)(C)C1CCC(Nc2cccc(O)c2)CC1. The van der Waals surface area contributed by atoms with Crippen LogP contribution in [-0.2, 0) is 4.79 Å². The number of phenols is 1. The highest BCUT2D eigenvalue weighted by Gasteiger charge is 2.30. The Bertz CT molecular complexity index is 635. The molecule has 164 valence electrons. The van der Waals surface area contributed by atoms with Crippen LogP contribution in [0.4, 0.5) is 5.69 Å². The monoisotopic (exact) mass is 401 g/mol. The van der Waals surface area contributed by atoms with Crippen LogP contribution in [0.5, 0.6) is 5.75 Å². The van der Waals surface area contributed by atoms with Crippen LogP contribution >= 0.6 is 0 Å². The maximum absolute atomic E-state index is 10.9. The summed E-state index contributed by atoms with van der Waals surface area (Å²) in [6.07, 6.45) is 8.95. The van der Waals surface area contributed by atoms with Gasteiger partial charge in [0.1, 0.15) is 11.5 Å². The molecule has 0 amide bonds. The van der Waals surface area contributed by atoms with E-state index in [-0.39, 0.29) is 0 Å². The Labute approximate surface area is 178 Å². The number of ketones is 1. The lowest BCUT2D eigenvalue weighted by Crippen LogP contribution is -2.31. The molecule has 2 aliphatic carbocycles. The summed E-state index contributed by atoms with van der Waals surface area (Å²) in [7, 11) is 0. The highest BCUT2D eigenvalue weighted by Crippen LogP contribution is 2.38. The first-order valence-electron chi connectivity index (χ1n) is 11.5. The van der Waals surface area contributed by atoms with Crippen LogP contribution < -0.4 is 5.32 Å². The summed E-state index contributed by atoms with van der Waals surface area (Å²) < 4.78 is 0. The molecular weight excluding hydrogens is 358 g/mol. The van der Waals surface area contributed by atoms with Gasteiger partial charge >= 0.3 is 0 Å². The van der Waals surface area contributed by atoms with Gasteiger partial charge in [0.25, 0.3) is 0 Å². The van der Waals surface area contributed by atoms with Crippen LogP contribution in [0, 0.1) is 22.7 Å².